The molecule has 1 aromatic heterocycles. The maximum Gasteiger partial charge on any atom is 0.143 e. The summed E-state index contributed by atoms with van der Waals surface area (Å²) in [4.78, 5) is 0. The second kappa shape index (κ2) is 10.6. The zero-order chi connectivity index (χ0) is 32.7. The number of furan rings is 1. The average Bonchev–Trinajstić information content (AvgIpc) is 3.58. The monoisotopic (exact) mass is 674 g/mol. The van der Waals surface area contributed by atoms with Gasteiger partial charge in [0.05, 0.1) is 5.41 Å². The summed E-state index contributed by atoms with van der Waals surface area (Å²) in [5.41, 5.74) is 14.0. The molecule has 0 N–H and O–H groups in total. The van der Waals surface area contributed by atoms with Crippen LogP contribution in [0.15, 0.2) is 136 Å². The van der Waals surface area contributed by atoms with Gasteiger partial charge in [0, 0.05) is 26.4 Å². The third kappa shape index (κ3) is 4.56. The van der Waals surface area contributed by atoms with E-state index in [2.05, 4.69) is 179 Å². The molecule has 1 aliphatic rings. The number of hydrogen-bond acceptors (Lipinski definition) is 1. The smallest absolute Gasteiger partial charge is 0.143 e. The highest BCUT2D eigenvalue weighted by molar-refractivity contribution is 9.10. The Bertz CT molecular complexity index is 2310. The zero-order valence-electron chi connectivity index (χ0n) is 27.9. The summed E-state index contributed by atoms with van der Waals surface area (Å²) in [6.45, 7) is 13.8. The van der Waals surface area contributed by atoms with E-state index in [0.29, 0.717) is 0 Å². The molecule has 1 unspecified atom stereocenters. The summed E-state index contributed by atoms with van der Waals surface area (Å²) in [6, 6.07) is 47.1. The number of rotatable bonds is 3. The van der Waals surface area contributed by atoms with Gasteiger partial charge in [-0.1, -0.05) is 173 Å². The summed E-state index contributed by atoms with van der Waals surface area (Å²) in [6.07, 6.45) is 0. The molecule has 1 aliphatic carbocycles. The Balaban J connectivity index is 1.42. The Morgan fingerprint density at radius 2 is 1.17 bits per heavy atom. The van der Waals surface area contributed by atoms with Crippen molar-refractivity contribution in [2.45, 2.75) is 57.8 Å². The lowest BCUT2D eigenvalue weighted by molar-refractivity contribution is 0.586. The SMILES string of the molecule is CC(C)(C)c1ccc2c(c1)C(c1ccccc1)(c1ccc(-c3cccc4c3oc3ccccc34)cc1)c1cc(C(C)(C)C)cc(Br)c1-2. The molecule has 0 saturated carbocycles. The fourth-order valence-corrected chi connectivity index (χ4v) is 8.32. The van der Waals surface area contributed by atoms with Crippen LogP contribution in [-0.2, 0) is 16.2 Å². The Labute approximate surface area is 286 Å². The first kappa shape index (κ1) is 30.0. The summed E-state index contributed by atoms with van der Waals surface area (Å²) < 4.78 is 7.60. The highest BCUT2D eigenvalue weighted by Gasteiger charge is 2.48. The number of fused-ring (bicyclic) bond motifs is 6. The molecule has 0 fully saturated rings. The lowest BCUT2D eigenvalue weighted by Crippen LogP contribution is -2.29. The first-order chi connectivity index (χ1) is 22.5. The molecule has 0 spiro atoms. The molecule has 6 aromatic carbocycles. The fraction of sp³-hybridized carbons (Fsp3) is 0.200. The van der Waals surface area contributed by atoms with Crippen molar-refractivity contribution in [3.05, 3.63) is 165 Å². The molecule has 7 aromatic rings. The molecule has 8 rings (SSSR count). The van der Waals surface area contributed by atoms with E-state index in [9.17, 15) is 0 Å². The van der Waals surface area contributed by atoms with E-state index in [4.69, 9.17) is 4.42 Å². The van der Waals surface area contributed by atoms with Gasteiger partial charge in [0.15, 0.2) is 0 Å². The minimum Gasteiger partial charge on any atom is -0.455 e. The van der Waals surface area contributed by atoms with Crippen molar-refractivity contribution < 1.29 is 4.42 Å². The topological polar surface area (TPSA) is 13.1 Å². The summed E-state index contributed by atoms with van der Waals surface area (Å²) in [5, 5.41) is 2.30. The lowest BCUT2D eigenvalue weighted by atomic mass is 9.66. The maximum absolute atomic E-state index is 6.45. The molecular weight excluding hydrogens is 636 g/mol. The molecule has 1 atom stereocenters. The summed E-state index contributed by atoms with van der Waals surface area (Å²) in [5.74, 6) is 0. The third-order valence-corrected chi connectivity index (χ3v) is 10.8. The van der Waals surface area contributed by atoms with Gasteiger partial charge in [0.25, 0.3) is 0 Å². The van der Waals surface area contributed by atoms with Crippen LogP contribution in [0.5, 0.6) is 0 Å². The van der Waals surface area contributed by atoms with Crippen molar-refractivity contribution in [3.8, 4) is 22.3 Å². The number of benzene rings is 6. The van der Waals surface area contributed by atoms with Crippen LogP contribution in [0.3, 0.4) is 0 Å². The molecule has 0 aliphatic heterocycles. The highest BCUT2D eigenvalue weighted by Crippen LogP contribution is 2.59. The minimum atomic E-state index is -0.499. The van der Waals surface area contributed by atoms with Crippen molar-refractivity contribution in [3.63, 3.8) is 0 Å². The van der Waals surface area contributed by atoms with E-state index >= 15 is 0 Å². The molecule has 47 heavy (non-hydrogen) atoms. The molecule has 1 nitrogen and oxygen atoms in total. The predicted octanol–water partition coefficient (Wildman–Crippen LogP) is 13.0. The van der Waals surface area contributed by atoms with Crippen LogP contribution in [0.4, 0.5) is 0 Å². The Hall–Kier alpha value is -4.40. The van der Waals surface area contributed by atoms with Crippen molar-refractivity contribution >= 4 is 37.9 Å². The minimum absolute atomic E-state index is 0.00908. The molecule has 0 radical (unpaired) electrons. The Morgan fingerprint density at radius 3 is 1.89 bits per heavy atom. The van der Waals surface area contributed by atoms with E-state index in [1.54, 1.807) is 0 Å². The van der Waals surface area contributed by atoms with Gasteiger partial charge in [-0.3, -0.25) is 0 Å². The van der Waals surface area contributed by atoms with Crippen LogP contribution < -0.4 is 0 Å². The molecule has 232 valence electrons. The summed E-state index contributed by atoms with van der Waals surface area (Å²) in [7, 11) is 0. The quantitative estimate of drug-likeness (QED) is 0.182. The van der Waals surface area contributed by atoms with E-state index < -0.39 is 5.41 Å². The van der Waals surface area contributed by atoms with Gasteiger partial charge in [0.2, 0.25) is 0 Å². The zero-order valence-corrected chi connectivity index (χ0v) is 29.5. The van der Waals surface area contributed by atoms with Crippen molar-refractivity contribution in [1.82, 2.24) is 0 Å². The fourth-order valence-electron chi connectivity index (χ4n) is 7.64. The van der Waals surface area contributed by atoms with Crippen LogP contribution in [0.1, 0.15) is 74.9 Å². The molecule has 2 heteroatoms. The third-order valence-electron chi connectivity index (χ3n) is 10.2. The van der Waals surface area contributed by atoms with Crippen LogP contribution >= 0.6 is 15.9 Å². The summed E-state index contributed by atoms with van der Waals surface area (Å²) >= 11 is 4.08. The van der Waals surface area contributed by atoms with Crippen molar-refractivity contribution in [1.29, 1.82) is 0 Å². The predicted molar refractivity (Wildman–Crippen MR) is 202 cm³/mol. The Kier molecular flexibility index (Phi) is 6.73. The average molecular weight is 676 g/mol. The van der Waals surface area contributed by atoms with Crippen LogP contribution in [-0.4, -0.2) is 0 Å². The number of halogens is 1. The first-order valence-corrected chi connectivity index (χ1v) is 17.3. The van der Waals surface area contributed by atoms with Gasteiger partial charge >= 0.3 is 0 Å². The number of hydrogen-bond donors (Lipinski definition) is 0. The van der Waals surface area contributed by atoms with E-state index in [-0.39, 0.29) is 10.8 Å². The van der Waals surface area contributed by atoms with Gasteiger partial charge in [-0.15, -0.1) is 0 Å². The lowest BCUT2D eigenvalue weighted by Gasteiger charge is -2.35. The maximum atomic E-state index is 6.45. The molecule has 1 heterocycles. The van der Waals surface area contributed by atoms with Gasteiger partial charge in [-0.25, -0.2) is 0 Å². The van der Waals surface area contributed by atoms with Gasteiger partial charge in [-0.05, 0) is 67.5 Å². The second-order valence-corrected chi connectivity index (χ2v) is 16.0. The number of para-hydroxylation sites is 2. The Morgan fingerprint density at radius 1 is 0.532 bits per heavy atom. The molecule has 0 saturated heterocycles. The standard InChI is InChI=1S/C45H39BrO/c1-43(2,3)31-23-24-36-37(25-31)45(29-13-8-7-9-14-29,38-26-32(44(4,5)6)27-39(46)41(36)38)30-21-19-28(20-22-30)33-16-12-17-35-34-15-10-11-18-40(34)47-42(33)35/h7-27H,1-6H3. The van der Waals surface area contributed by atoms with E-state index in [1.807, 2.05) is 6.07 Å². The highest BCUT2D eigenvalue weighted by atomic mass is 79.9. The van der Waals surface area contributed by atoms with E-state index in [1.165, 1.54) is 44.5 Å². The van der Waals surface area contributed by atoms with Gasteiger partial charge in [0.1, 0.15) is 11.2 Å². The normalized spacial score (nSPS) is 16.1. The van der Waals surface area contributed by atoms with Crippen LogP contribution in [0.25, 0.3) is 44.2 Å². The largest absolute Gasteiger partial charge is 0.455 e. The van der Waals surface area contributed by atoms with E-state index in [0.717, 1.165) is 37.5 Å². The first-order valence-electron chi connectivity index (χ1n) is 16.5. The molecule has 0 amide bonds. The van der Waals surface area contributed by atoms with Crippen LogP contribution in [0.2, 0.25) is 0 Å². The molecule has 0 bridgehead atoms. The van der Waals surface area contributed by atoms with Crippen molar-refractivity contribution in [2.75, 3.05) is 0 Å². The van der Waals surface area contributed by atoms with Crippen molar-refractivity contribution in [2.24, 2.45) is 0 Å². The van der Waals surface area contributed by atoms with Gasteiger partial charge < -0.3 is 4.42 Å². The second-order valence-electron chi connectivity index (χ2n) is 15.1. The molecular formula is C45H39BrO. The van der Waals surface area contributed by atoms with Gasteiger partial charge in [-0.2, -0.15) is 0 Å². The van der Waals surface area contributed by atoms with Crippen LogP contribution in [0, 0.1) is 0 Å².